The molecule has 92 valence electrons. The summed E-state index contributed by atoms with van der Waals surface area (Å²) in [5, 5.41) is 0.448. The summed E-state index contributed by atoms with van der Waals surface area (Å²) in [6.07, 6.45) is 1.51. The monoisotopic (exact) mass is 261 g/mol. The van der Waals surface area contributed by atoms with Crippen molar-refractivity contribution >= 4 is 28.1 Å². The van der Waals surface area contributed by atoms with Crippen LogP contribution in [-0.2, 0) is 0 Å². The fourth-order valence-corrected chi connectivity index (χ4v) is 2.45. The minimum absolute atomic E-state index is 0.128. The summed E-state index contributed by atoms with van der Waals surface area (Å²) in [5.41, 5.74) is 6.98. The summed E-state index contributed by atoms with van der Waals surface area (Å²) < 4.78 is 9.44. The van der Waals surface area contributed by atoms with Crippen LogP contribution in [-0.4, -0.2) is 23.4 Å². The number of aromatic nitrogens is 1. The van der Waals surface area contributed by atoms with Gasteiger partial charge >= 0.3 is 0 Å². The van der Waals surface area contributed by atoms with Crippen molar-refractivity contribution in [2.24, 2.45) is 0 Å². The van der Waals surface area contributed by atoms with Crippen LogP contribution in [0.1, 0.15) is 10.4 Å². The number of carbonyl (C=O) groups is 1. The molecule has 1 aromatic heterocycles. The molecular formula is C12H11N3O2S. The van der Waals surface area contributed by atoms with Crippen molar-refractivity contribution in [2.75, 3.05) is 23.8 Å². The highest BCUT2D eigenvalue weighted by Crippen LogP contribution is 2.32. The molecule has 0 aliphatic carbocycles. The number of rotatable bonds is 1. The van der Waals surface area contributed by atoms with Crippen LogP contribution in [0.5, 0.6) is 5.75 Å². The molecule has 0 bridgehead atoms. The average molecular weight is 261 g/mol. The zero-order valence-electron chi connectivity index (χ0n) is 9.50. The van der Waals surface area contributed by atoms with Gasteiger partial charge in [0.2, 0.25) is 0 Å². The number of nitrogens with zero attached hydrogens (tertiary/aromatic N) is 2. The van der Waals surface area contributed by atoms with E-state index in [1.54, 1.807) is 4.90 Å². The van der Waals surface area contributed by atoms with Gasteiger partial charge in [-0.3, -0.25) is 4.79 Å². The zero-order chi connectivity index (χ0) is 12.5. The van der Waals surface area contributed by atoms with Crippen LogP contribution >= 0.6 is 11.5 Å². The van der Waals surface area contributed by atoms with E-state index >= 15 is 0 Å². The van der Waals surface area contributed by atoms with Crippen molar-refractivity contribution in [2.45, 2.75) is 0 Å². The SMILES string of the molecule is Nc1sncc1C(=O)N1CCOc2ccccc21. The van der Waals surface area contributed by atoms with Crippen molar-refractivity contribution in [3.05, 3.63) is 36.0 Å². The van der Waals surface area contributed by atoms with Gasteiger partial charge in [-0.05, 0) is 23.7 Å². The van der Waals surface area contributed by atoms with E-state index in [1.165, 1.54) is 6.20 Å². The van der Waals surface area contributed by atoms with Crippen molar-refractivity contribution in [3.63, 3.8) is 0 Å². The van der Waals surface area contributed by atoms with Gasteiger partial charge in [-0.15, -0.1) is 0 Å². The Balaban J connectivity index is 2.00. The highest BCUT2D eigenvalue weighted by atomic mass is 32.1. The van der Waals surface area contributed by atoms with Gasteiger partial charge in [0.15, 0.2) is 0 Å². The smallest absolute Gasteiger partial charge is 0.263 e. The molecule has 2 N–H and O–H groups in total. The van der Waals surface area contributed by atoms with E-state index in [0.717, 1.165) is 23.0 Å². The number of anilines is 2. The molecule has 0 atom stereocenters. The number of fused-ring (bicyclic) bond motifs is 1. The summed E-state index contributed by atoms with van der Waals surface area (Å²) in [6.45, 7) is 1.01. The van der Waals surface area contributed by atoms with Gasteiger partial charge in [0, 0.05) is 0 Å². The number of nitrogens with two attached hydrogens (primary N) is 1. The summed E-state index contributed by atoms with van der Waals surface area (Å²) in [4.78, 5) is 14.1. The van der Waals surface area contributed by atoms with E-state index in [-0.39, 0.29) is 5.91 Å². The number of nitrogen functional groups attached to an aromatic ring is 1. The molecule has 0 fully saturated rings. The standard InChI is InChI=1S/C12H11N3O2S/c13-11-8(7-14-18-11)12(16)15-5-6-17-10-4-2-1-3-9(10)15/h1-4,7H,5-6,13H2. The van der Waals surface area contributed by atoms with Gasteiger partial charge < -0.3 is 15.4 Å². The molecular weight excluding hydrogens is 250 g/mol. The van der Waals surface area contributed by atoms with Crippen LogP contribution in [0, 0.1) is 0 Å². The molecule has 0 saturated carbocycles. The summed E-state index contributed by atoms with van der Waals surface area (Å²) in [6, 6.07) is 7.47. The topological polar surface area (TPSA) is 68.5 Å². The van der Waals surface area contributed by atoms with E-state index in [4.69, 9.17) is 10.5 Å². The largest absolute Gasteiger partial charge is 0.490 e. The second kappa shape index (κ2) is 4.30. The van der Waals surface area contributed by atoms with Gasteiger partial charge in [0.25, 0.3) is 5.91 Å². The first-order valence-electron chi connectivity index (χ1n) is 5.51. The molecule has 5 nitrogen and oxygen atoms in total. The normalized spacial score (nSPS) is 13.9. The maximum Gasteiger partial charge on any atom is 0.263 e. The summed E-state index contributed by atoms with van der Waals surface area (Å²) in [5.74, 6) is 0.593. The molecule has 6 heteroatoms. The van der Waals surface area contributed by atoms with Gasteiger partial charge in [-0.25, -0.2) is 0 Å². The second-order valence-electron chi connectivity index (χ2n) is 3.88. The van der Waals surface area contributed by atoms with E-state index in [1.807, 2.05) is 24.3 Å². The van der Waals surface area contributed by atoms with Crippen molar-refractivity contribution in [1.29, 1.82) is 0 Å². The average Bonchev–Trinajstić information content (AvgIpc) is 2.83. The molecule has 0 unspecified atom stereocenters. The predicted molar refractivity (Wildman–Crippen MR) is 70.1 cm³/mol. The second-order valence-corrected chi connectivity index (χ2v) is 4.71. The Morgan fingerprint density at radius 2 is 2.28 bits per heavy atom. The summed E-state index contributed by atoms with van der Waals surface area (Å²) >= 11 is 1.13. The Kier molecular flexibility index (Phi) is 2.64. The Bertz CT molecular complexity index is 597. The van der Waals surface area contributed by atoms with Crippen molar-refractivity contribution < 1.29 is 9.53 Å². The number of hydrogen-bond acceptors (Lipinski definition) is 5. The molecule has 2 heterocycles. The molecule has 1 aliphatic rings. The first-order chi connectivity index (χ1) is 8.77. The van der Waals surface area contributed by atoms with Gasteiger partial charge in [0.1, 0.15) is 17.4 Å². The first kappa shape index (κ1) is 11.0. The van der Waals surface area contributed by atoms with Crippen molar-refractivity contribution in [1.82, 2.24) is 4.37 Å². The molecule has 3 rings (SSSR count). The third-order valence-electron chi connectivity index (χ3n) is 2.80. The van der Waals surface area contributed by atoms with Gasteiger partial charge in [-0.2, -0.15) is 4.37 Å². The highest BCUT2D eigenvalue weighted by molar-refractivity contribution is 7.10. The molecule has 1 aliphatic heterocycles. The van der Waals surface area contributed by atoms with Crippen LogP contribution in [0.4, 0.5) is 10.7 Å². The molecule has 1 aromatic carbocycles. The van der Waals surface area contributed by atoms with E-state index in [9.17, 15) is 4.79 Å². The minimum atomic E-state index is -0.128. The lowest BCUT2D eigenvalue weighted by Crippen LogP contribution is -2.38. The molecule has 0 radical (unpaired) electrons. The molecule has 0 saturated heterocycles. The lowest BCUT2D eigenvalue weighted by Gasteiger charge is -2.29. The first-order valence-corrected chi connectivity index (χ1v) is 6.28. The van der Waals surface area contributed by atoms with Crippen LogP contribution in [0.2, 0.25) is 0 Å². The Hall–Kier alpha value is -2.08. The number of amides is 1. The van der Waals surface area contributed by atoms with Crippen LogP contribution < -0.4 is 15.4 Å². The molecule has 0 spiro atoms. The predicted octanol–water partition coefficient (Wildman–Crippen LogP) is 1.76. The number of ether oxygens (including phenoxy) is 1. The number of benzene rings is 1. The quantitative estimate of drug-likeness (QED) is 0.849. The number of para-hydroxylation sites is 2. The number of carbonyl (C=O) groups excluding carboxylic acids is 1. The molecule has 2 aromatic rings. The molecule has 1 amide bonds. The third kappa shape index (κ3) is 1.70. The van der Waals surface area contributed by atoms with Crippen molar-refractivity contribution in [3.8, 4) is 5.75 Å². The lowest BCUT2D eigenvalue weighted by atomic mass is 10.2. The number of hydrogen-bond donors (Lipinski definition) is 1. The Morgan fingerprint density at radius 1 is 1.44 bits per heavy atom. The maximum atomic E-state index is 12.4. The fraction of sp³-hybridized carbons (Fsp3) is 0.167. The van der Waals surface area contributed by atoms with Crippen LogP contribution in [0.15, 0.2) is 30.5 Å². The lowest BCUT2D eigenvalue weighted by molar-refractivity contribution is 0.0977. The zero-order valence-corrected chi connectivity index (χ0v) is 10.3. The van der Waals surface area contributed by atoms with E-state index in [0.29, 0.717) is 23.7 Å². The summed E-state index contributed by atoms with van der Waals surface area (Å²) in [7, 11) is 0. The minimum Gasteiger partial charge on any atom is -0.490 e. The Morgan fingerprint density at radius 3 is 3.06 bits per heavy atom. The maximum absolute atomic E-state index is 12.4. The van der Waals surface area contributed by atoms with Gasteiger partial charge in [0.05, 0.1) is 24.0 Å². The van der Waals surface area contributed by atoms with Crippen LogP contribution in [0.3, 0.4) is 0 Å². The third-order valence-corrected chi connectivity index (χ3v) is 3.43. The van der Waals surface area contributed by atoms with E-state index < -0.39 is 0 Å². The molecule has 18 heavy (non-hydrogen) atoms. The fourth-order valence-electron chi connectivity index (χ4n) is 1.94. The van der Waals surface area contributed by atoms with Crippen LogP contribution in [0.25, 0.3) is 0 Å². The highest BCUT2D eigenvalue weighted by Gasteiger charge is 2.26. The van der Waals surface area contributed by atoms with Gasteiger partial charge in [-0.1, -0.05) is 12.1 Å². The van der Waals surface area contributed by atoms with E-state index in [2.05, 4.69) is 4.37 Å². The Labute approximate surface area is 108 Å².